The molecule has 4 nitrogen and oxygen atoms in total. The fraction of sp³-hybridized carbons (Fsp3) is 0.364. The Balaban J connectivity index is 2.82. The number of primary amides is 1. The molecule has 1 rings (SSSR count). The van der Waals surface area contributed by atoms with Gasteiger partial charge in [-0.3, -0.25) is 0 Å². The van der Waals surface area contributed by atoms with Gasteiger partial charge in [0.2, 0.25) is 0 Å². The van der Waals surface area contributed by atoms with Crippen molar-refractivity contribution in [2.75, 3.05) is 13.7 Å². The largest absolute Gasteiger partial charge is 0.441 e. The van der Waals surface area contributed by atoms with Crippen LogP contribution in [0.4, 0.5) is 4.79 Å². The van der Waals surface area contributed by atoms with Gasteiger partial charge in [0.15, 0.2) is 0 Å². The molecule has 0 heterocycles. The third-order valence-electron chi connectivity index (χ3n) is 2.09. The van der Waals surface area contributed by atoms with Crippen LogP contribution >= 0.6 is 11.6 Å². The summed E-state index contributed by atoms with van der Waals surface area (Å²) in [5.41, 5.74) is 5.74. The molecule has 0 aliphatic heterocycles. The van der Waals surface area contributed by atoms with Crippen molar-refractivity contribution in [1.82, 2.24) is 0 Å². The van der Waals surface area contributed by atoms with E-state index in [1.807, 2.05) is 12.1 Å². The van der Waals surface area contributed by atoms with Crippen LogP contribution in [0.1, 0.15) is 18.1 Å². The van der Waals surface area contributed by atoms with Gasteiger partial charge in [-0.25, -0.2) is 4.79 Å². The molecular weight excluding hydrogens is 230 g/mol. The molecule has 0 saturated heterocycles. The van der Waals surface area contributed by atoms with Crippen molar-refractivity contribution in [2.45, 2.75) is 12.5 Å². The quantitative estimate of drug-likeness (QED) is 0.864. The Morgan fingerprint density at radius 3 is 2.75 bits per heavy atom. The Hall–Kier alpha value is -1.26. The zero-order chi connectivity index (χ0) is 12.0. The lowest BCUT2D eigenvalue weighted by atomic mass is 10.1. The summed E-state index contributed by atoms with van der Waals surface area (Å²) in [4.78, 5) is 10.8. The molecular formula is C11H14ClNO3. The highest BCUT2D eigenvalue weighted by Crippen LogP contribution is 2.27. The van der Waals surface area contributed by atoms with Crippen molar-refractivity contribution in [2.24, 2.45) is 5.73 Å². The predicted molar refractivity (Wildman–Crippen MR) is 61.4 cm³/mol. The number of methoxy groups -OCH3 is 1. The number of carbonyl (C=O) groups is 1. The zero-order valence-corrected chi connectivity index (χ0v) is 9.74. The number of carbonyl (C=O) groups excluding carboxylic acids is 1. The number of amides is 1. The highest BCUT2D eigenvalue weighted by atomic mass is 35.5. The van der Waals surface area contributed by atoms with Crippen LogP contribution in [0, 0.1) is 0 Å². The molecule has 0 fully saturated rings. The van der Waals surface area contributed by atoms with Crippen molar-refractivity contribution < 1.29 is 14.3 Å². The second-order valence-electron chi connectivity index (χ2n) is 3.23. The summed E-state index contributed by atoms with van der Waals surface area (Å²) in [6.45, 7) is 0.461. The predicted octanol–water partition coefficient (Wildman–Crippen LogP) is 2.51. The van der Waals surface area contributed by atoms with Crippen LogP contribution in [0.3, 0.4) is 0 Å². The SMILES string of the molecule is COCC[C@@H](OC(N)=O)c1ccccc1Cl. The summed E-state index contributed by atoms with van der Waals surface area (Å²) in [6.07, 6.45) is -0.768. The van der Waals surface area contributed by atoms with Crippen LogP contribution in [0.25, 0.3) is 0 Å². The van der Waals surface area contributed by atoms with E-state index in [-0.39, 0.29) is 0 Å². The first-order valence-corrected chi connectivity index (χ1v) is 5.22. The lowest BCUT2D eigenvalue weighted by molar-refractivity contribution is 0.0777. The van der Waals surface area contributed by atoms with Crippen molar-refractivity contribution in [3.05, 3.63) is 34.9 Å². The highest BCUT2D eigenvalue weighted by Gasteiger charge is 2.17. The molecule has 1 aromatic carbocycles. The van der Waals surface area contributed by atoms with E-state index in [1.54, 1.807) is 19.2 Å². The van der Waals surface area contributed by atoms with E-state index < -0.39 is 12.2 Å². The maximum atomic E-state index is 10.8. The number of ether oxygens (including phenoxy) is 2. The number of benzene rings is 1. The van der Waals surface area contributed by atoms with Gasteiger partial charge in [0.05, 0.1) is 6.61 Å². The second-order valence-corrected chi connectivity index (χ2v) is 3.64. The lowest BCUT2D eigenvalue weighted by Gasteiger charge is -2.17. The molecule has 1 aromatic rings. The molecule has 16 heavy (non-hydrogen) atoms. The summed E-state index contributed by atoms with van der Waals surface area (Å²) >= 11 is 6.01. The van der Waals surface area contributed by atoms with Crippen LogP contribution < -0.4 is 5.73 Å². The third-order valence-corrected chi connectivity index (χ3v) is 2.44. The molecule has 0 aromatic heterocycles. The summed E-state index contributed by atoms with van der Waals surface area (Å²) in [5, 5.41) is 0.546. The number of nitrogens with two attached hydrogens (primary N) is 1. The number of halogens is 1. The molecule has 88 valence electrons. The highest BCUT2D eigenvalue weighted by molar-refractivity contribution is 6.31. The van der Waals surface area contributed by atoms with Gasteiger partial charge in [-0.05, 0) is 6.07 Å². The number of hydrogen-bond acceptors (Lipinski definition) is 3. The van der Waals surface area contributed by atoms with E-state index in [1.165, 1.54) is 0 Å². The van der Waals surface area contributed by atoms with Crippen LogP contribution in [-0.2, 0) is 9.47 Å². The van der Waals surface area contributed by atoms with Crippen molar-refractivity contribution in [3.8, 4) is 0 Å². The normalized spacial score (nSPS) is 12.1. The third kappa shape index (κ3) is 3.72. The summed E-state index contributed by atoms with van der Waals surface area (Å²) < 4.78 is 9.93. The van der Waals surface area contributed by atoms with Crippen LogP contribution in [0.5, 0.6) is 0 Å². The van der Waals surface area contributed by atoms with Crippen LogP contribution in [0.2, 0.25) is 5.02 Å². The molecule has 0 aliphatic carbocycles. The molecule has 0 saturated carbocycles. The van der Waals surface area contributed by atoms with E-state index in [2.05, 4.69) is 0 Å². The van der Waals surface area contributed by atoms with Crippen molar-refractivity contribution >= 4 is 17.7 Å². The van der Waals surface area contributed by atoms with E-state index >= 15 is 0 Å². The minimum atomic E-state index is -0.818. The standard InChI is InChI=1S/C11H14ClNO3/c1-15-7-6-10(16-11(13)14)8-4-2-3-5-9(8)12/h2-5,10H,6-7H2,1H3,(H2,13,14)/t10-/m1/s1. The van der Waals surface area contributed by atoms with Gasteiger partial charge in [0.1, 0.15) is 6.10 Å². The summed E-state index contributed by atoms with van der Waals surface area (Å²) in [6, 6.07) is 7.17. The Labute approximate surface area is 99.3 Å². The van der Waals surface area contributed by atoms with Crippen molar-refractivity contribution in [3.63, 3.8) is 0 Å². The molecule has 1 atom stereocenters. The zero-order valence-electron chi connectivity index (χ0n) is 8.98. The molecule has 0 unspecified atom stereocenters. The molecule has 0 aliphatic rings. The lowest BCUT2D eigenvalue weighted by Crippen LogP contribution is -2.18. The van der Waals surface area contributed by atoms with Gasteiger partial charge in [0.25, 0.3) is 0 Å². The fourth-order valence-corrected chi connectivity index (χ4v) is 1.64. The Morgan fingerprint density at radius 1 is 1.50 bits per heavy atom. The first-order valence-electron chi connectivity index (χ1n) is 4.84. The smallest absolute Gasteiger partial charge is 0.405 e. The maximum absolute atomic E-state index is 10.8. The van der Waals surface area contributed by atoms with Gasteiger partial charge in [0, 0.05) is 24.1 Å². The molecule has 0 spiro atoms. The van der Waals surface area contributed by atoms with Crippen molar-refractivity contribution in [1.29, 1.82) is 0 Å². The molecule has 2 N–H and O–H groups in total. The van der Waals surface area contributed by atoms with E-state index in [4.69, 9.17) is 26.8 Å². The minimum Gasteiger partial charge on any atom is -0.441 e. The molecule has 5 heteroatoms. The topological polar surface area (TPSA) is 61.6 Å². The van der Waals surface area contributed by atoms with E-state index in [0.29, 0.717) is 18.1 Å². The van der Waals surface area contributed by atoms with Crippen LogP contribution in [-0.4, -0.2) is 19.8 Å². The van der Waals surface area contributed by atoms with Crippen LogP contribution in [0.15, 0.2) is 24.3 Å². The van der Waals surface area contributed by atoms with Gasteiger partial charge >= 0.3 is 6.09 Å². The summed E-state index contributed by atoms with van der Waals surface area (Å²) in [7, 11) is 1.58. The Bertz CT molecular complexity index is 357. The maximum Gasteiger partial charge on any atom is 0.405 e. The molecule has 1 amide bonds. The Morgan fingerprint density at radius 2 is 2.19 bits per heavy atom. The molecule has 0 radical (unpaired) electrons. The van der Waals surface area contributed by atoms with Gasteiger partial charge in [-0.1, -0.05) is 29.8 Å². The average Bonchev–Trinajstić information content (AvgIpc) is 2.24. The average molecular weight is 244 g/mol. The monoisotopic (exact) mass is 243 g/mol. The van der Waals surface area contributed by atoms with Gasteiger partial charge in [-0.2, -0.15) is 0 Å². The Kier molecular flexibility index (Phi) is 5.08. The minimum absolute atomic E-state index is 0.461. The first kappa shape index (κ1) is 12.8. The second kappa shape index (κ2) is 6.35. The van der Waals surface area contributed by atoms with Gasteiger partial charge in [-0.15, -0.1) is 0 Å². The number of hydrogen-bond donors (Lipinski definition) is 1. The van der Waals surface area contributed by atoms with E-state index in [0.717, 1.165) is 5.56 Å². The van der Waals surface area contributed by atoms with E-state index in [9.17, 15) is 4.79 Å². The van der Waals surface area contributed by atoms with Gasteiger partial charge < -0.3 is 15.2 Å². The summed E-state index contributed by atoms with van der Waals surface area (Å²) in [5.74, 6) is 0. The number of rotatable bonds is 5. The molecule has 0 bridgehead atoms. The fourth-order valence-electron chi connectivity index (χ4n) is 1.38. The first-order chi connectivity index (χ1) is 7.65.